The van der Waals surface area contributed by atoms with Crippen LogP contribution in [0.25, 0.3) is 0 Å². The van der Waals surface area contributed by atoms with E-state index in [-0.39, 0.29) is 0 Å². The summed E-state index contributed by atoms with van der Waals surface area (Å²) in [7, 11) is 2.10. The summed E-state index contributed by atoms with van der Waals surface area (Å²) in [4.78, 5) is 11.5. The third-order valence-corrected chi connectivity index (χ3v) is 2.67. The maximum absolute atomic E-state index is 8.25. The molecule has 98 valence electrons. The van der Waals surface area contributed by atoms with Crippen LogP contribution in [0.2, 0.25) is 0 Å². The second-order valence-electron chi connectivity index (χ2n) is 4.61. The minimum absolute atomic E-state index is 0.500. The van der Waals surface area contributed by atoms with Crippen molar-refractivity contribution in [3.8, 4) is 0 Å². The molecular weight excluding hydrogens is 216 g/mol. The Morgan fingerprint density at radius 1 is 1.41 bits per heavy atom. The van der Waals surface area contributed by atoms with Crippen LogP contribution in [0.5, 0.6) is 0 Å². The SMILES string of the molecule is CC(C)CCCCCc1[nH]cc[n+]1C.O=C[O-]. The first-order chi connectivity index (χ1) is 8.11. The van der Waals surface area contributed by atoms with Crippen LogP contribution in [0.3, 0.4) is 0 Å². The molecular formula is C13H24N2O2. The van der Waals surface area contributed by atoms with Crippen LogP contribution in [0.1, 0.15) is 45.4 Å². The third kappa shape index (κ3) is 8.48. The molecule has 0 aromatic carbocycles. The topological polar surface area (TPSA) is 59.8 Å². The van der Waals surface area contributed by atoms with E-state index in [1.165, 1.54) is 37.9 Å². The van der Waals surface area contributed by atoms with Crippen molar-refractivity contribution in [2.75, 3.05) is 0 Å². The van der Waals surface area contributed by atoms with Gasteiger partial charge in [0.2, 0.25) is 0 Å². The molecule has 0 saturated carbocycles. The van der Waals surface area contributed by atoms with E-state index in [0.29, 0.717) is 0 Å². The van der Waals surface area contributed by atoms with Crippen LogP contribution in [0.4, 0.5) is 0 Å². The Bertz CT molecular complexity index is 295. The molecule has 4 nitrogen and oxygen atoms in total. The Morgan fingerprint density at radius 2 is 2.06 bits per heavy atom. The Morgan fingerprint density at radius 3 is 2.53 bits per heavy atom. The van der Waals surface area contributed by atoms with Crippen LogP contribution < -0.4 is 9.67 Å². The highest BCUT2D eigenvalue weighted by Crippen LogP contribution is 2.09. The van der Waals surface area contributed by atoms with E-state index >= 15 is 0 Å². The number of nitrogens with zero attached hydrogens (tertiary/aromatic N) is 1. The zero-order chi connectivity index (χ0) is 13.1. The van der Waals surface area contributed by atoms with Crippen LogP contribution >= 0.6 is 0 Å². The lowest BCUT2D eigenvalue weighted by atomic mass is 10.0. The molecule has 0 aliphatic carbocycles. The number of nitrogens with one attached hydrogen (secondary N) is 1. The highest BCUT2D eigenvalue weighted by molar-refractivity contribution is 5.29. The molecule has 0 unspecified atom stereocenters. The van der Waals surface area contributed by atoms with Crippen molar-refractivity contribution >= 4 is 6.47 Å². The first-order valence-corrected chi connectivity index (χ1v) is 6.19. The molecule has 0 saturated heterocycles. The third-order valence-electron chi connectivity index (χ3n) is 2.67. The summed E-state index contributed by atoms with van der Waals surface area (Å²) in [6, 6.07) is 0. The summed E-state index contributed by atoms with van der Waals surface area (Å²) in [5, 5.41) is 8.25. The second-order valence-corrected chi connectivity index (χ2v) is 4.61. The van der Waals surface area contributed by atoms with Gasteiger partial charge in [-0.25, -0.2) is 9.55 Å². The number of hydrogen-bond donors (Lipinski definition) is 1. The average Bonchev–Trinajstić information content (AvgIpc) is 2.65. The van der Waals surface area contributed by atoms with Gasteiger partial charge in [0.15, 0.2) is 0 Å². The number of aromatic nitrogens is 2. The van der Waals surface area contributed by atoms with Crippen LogP contribution in [0.15, 0.2) is 12.4 Å². The van der Waals surface area contributed by atoms with E-state index in [1.54, 1.807) is 0 Å². The first-order valence-electron chi connectivity index (χ1n) is 6.19. The number of carbonyl (C=O) groups excluding carboxylic acids is 1. The van der Waals surface area contributed by atoms with Crippen LogP contribution in [-0.4, -0.2) is 11.5 Å². The van der Waals surface area contributed by atoms with Crippen molar-refractivity contribution in [2.45, 2.75) is 46.0 Å². The molecule has 17 heavy (non-hydrogen) atoms. The predicted octanol–water partition coefficient (Wildman–Crippen LogP) is 0.964. The fraction of sp³-hybridized carbons (Fsp3) is 0.692. The molecule has 4 heteroatoms. The number of carboxylic acid groups (broad SMARTS) is 1. The highest BCUT2D eigenvalue weighted by atomic mass is 16.3. The van der Waals surface area contributed by atoms with Crippen LogP contribution in [-0.2, 0) is 18.3 Å². The number of hydrogen-bond acceptors (Lipinski definition) is 2. The maximum Gasteiger partial charge on any atom is 0.253 e. The Labute approximate surface area is 104 Å². The van der Waals surface area contributed by atoms with E-state index < -0.39 is 6.47 Å². The molecule has 0 amide bonds. The van der Waals surface area contributed by atoms with Gasteiger partial charge in [-0.3, -0.25) is 0 Å². The molecule has 0 bridgehead atoms. The molecule has 0 atom stereocenters. The van der Waals surface area contributed by atoms with Crippen molar-refractivity contribution in [1.29, 1.82) is 0 Å². The molecule has 0 fully saturated rings. The summed E-state index contributed by atoms with van der Waals surface area (Å²) < 4.78 is 2.17. The number of imidazole rings is 1. The average molecular weight is 240 g/mol. The first kappa shape index (κ1) is 15.7. The zero-order valence-corrected chi connectivity index (χ0v) is 11.1. The predicted molar refractivity (Wildman–Crippen MR) is 65.0 cm³/mol. The normalized spacial score (nSPS) is 9.88. The van der Waals surface area contributed by atoms with Gasteiger partial charge >= 0.3 is 0 Å². The molecule has 0 aliphatic rings. The maximum atomic E-state index is 8.25. The lowest BCUT2D eigenvalue weighted by molar-refractivity contribution is -0.677. The van der Waals surface area contributed by atoms with E-state index in [2.05, 4.69) is 36.6 Å². The van der Waals surface area contributed by atoms with Crippen molar-refractivity contribution in [3.05, 3.63) is 18.2 Å². The molecule has 0 spiro atoms. The monoisotopic (exact) mass is 240 g/mol. The number of aryl methyl sites for hydroxylation is 2. The second kappa shape index (κ2) is 9.87. The van der Waals surface area contributed by atoms with Crippen molar-refractivity contribution < 1.29 is 14.5 Å². The summed E-state index contributed by atoms with van der Waals surface area (Å²) in [6.07, 6.45) is 10.7. The van der Waals surface area contributed by atoms with Crippen LogP contribution in [0, 0.1) is 5.92 Å². The molecule has 1 heterocycles. The van der Waals surface area contributed by atoms with Gasteiger partial charge in [0.25, 0.3) is 5.82 Å². The van der Waals surface area contributed by atoms with Gasteiger partial charge in [0.05, 0.1) is 7.05 Å². The zero-order valence-electron chi connectivity index (χ0n) is 11.1. The number of H-pyrrole nitrogens is 1. The molecule has 0 aliphatic heterocycles. The molecule has 0 radical (unpaired) electrons. The molecule has 1 rings (SSSR count). The van der Waals surface area contributed by atoms with Gasteiger partial charge in [-0.2, -0.15) is 0 Å². The summed E-state index contributed by atoms with van der Waals surface area (Å²) >= 11 is 0. The van der Waals surface area contributed by atoms with E-state index in [4.69, 9.17) is 9.90 Å². The van der Waals surface area contributed by atoms with Gasteiger partial charge in [0.1, 0.15) is 12.4 Å². The van der Waals surface area contributed by atoms with E-state index in [1.807, 2.05) is 6.20 Å². The van der Waals surface area contributed by atoms with E-state index in [0.717, 1.165) is 5.92 Å². The largest absolute Gasteiger partial charge is 0.554 e. The number of aromatic amines is 1. The standard InChI is InChI=1S/C12H22N2.CH2O2/c1-11(2)7-5-4-6-8-12-13-9-10-14(12)3;2-1-3/h9-11H,4-8H2,1-3H3;1H,(H,2,3). The highest BCUT2D eigenvalue weighted by Gasteiger charge is 2.05. The fourth-order valence-corrected chi connectivity index (χ4v) is 1.71. The van der Waals surface area contributed by atoms with Gasteiger partial charge in [-0.1, -0.05) is 33.1 Å². The summed E-state index contributed by atoms with van der Waals surface area (Å²) in [6.45, 7) is 4.09. The molecule has 1 N–H and O–H groups in total. The number of unbranched alkanes of at least 4 members (excludes halogenated alkanes) is 2. The number of rotatable bonds is 6. The van der Waals surface area contributed by atoms with Crippen molar-refractivity contribution in [2.24, 2.45) is 13.0 Å². The van der Waals surface area contributed by atoms with Gasteiger partial charge in [-0.15, -0.1) is 0 Å². The lowest BCUT2D eigenvalue weighted by Crippen LogP contribution is -2.30. The van der Waals surface area contributed by atoms with Gasteiger partial charge in [-0.05, 0) is 12.3 Å². The minimum Gasteiger partial charge on any atom is -0.554 e. The summed E-state index contributed by atoms with van der Waals surface area (Å²) in [5.41, 5.74) is 0. The summed E-state index contributed by atoms with van der Waals surface area (Å²) in [5.74, 6) is 2.20. The minimum atomic E-state index is -0.500. The van der Waals surface area contributed by atoms with Crippen molar-refractivity contribution in [3.63, 3.8) is 0 Å². The molecule has 1 aromatic heterocycles. The van der Waals surface area contributed by atoms with Gasteiger partial charge < -0.3 is 9.90 Å². The smallest absolute Gasteiger partial charge is 0.253 e. The van der Waals surface area contributed by atoms with Gasteiger partial charge in [0, 0.05) is 12.9 Å². The quantitative estimate of drug-likeness (QED) is 0.457. The van der Waals surface area contributed by atoms with E-state index in [9.17, 15) is 0 Å². The molecule has 1 aromatic rings. The van der Waals surface area contributed by atoms with Crippen molar-refractivity contribution in [1.82, 2.24) is 4.98 Å². The fourth-order valence-electron chi connectivity index (χ4n) is 1.71. The Kier molecular flexibility index (Phi) is 9.11. The Balaban J connectivity index is 0.000000770. The Hall–Kier alpha value is -1.32. The number of carbonyl (C=O) groups is 1. The lowest BCUT2D eigenvalue weighted by Gasteiger charge is -2.02.